The van der Waals surface area contributed by atoms with Crippen molar-refractivity contribution in [1.29, 1.82) is 0 Å². The van der Waals surface area contributed by atoms with Gasteiger partial charge in [-0.2, -0.15) is 0 Å². The minimum atomic E-state index is -0.470. The van der Waals surface area contributed by atoms with Crippen LogP contribution in [-0.4, -0.2) is 31.3 Å². The van der Waals surface area contributed by atoms with Crippen LogP contribution in [0.2, 0.25) is 0 Å². The lowest BCUT2D eigenvalue weighted by Gasteiger charge is -2.11. The van der Waals surface area contributed by atoms with Crippen LogP contribution >= 0.6 is 11.3 Å². The number of ether oxygens (including phenoxy) is 4. The molecule has 3 rings (SSSR count). The molecular weight excluding hydrogens is 378 g/mol. The third kappa shape index (κ3) is 5.23. The maximum atomic E-state index is 12.0. The van der Waals surface area contributed by atoms with Crippen LogP contribution in [0.3, 0.4) is 0 Å². The number of carbonyl (C=O) groups excluding carboxylic acids is 1. The highest BCUT2D eigenvalue weighted by molar-refractivity contribution is 7.13. The first-order valence-electron chi connectivity index (χ1n) is 8.78. The quantitative estimate of drug-likeness (QED) is 0.499. The second-order valence-corrected chi connectivity index (χ2v) is 6.56. The molecule has 0 spiro atoms. The van der Waals surface area contributed by atoms with Crippen LogP contribution in [0, 0.1) is 0 Å². The number of benzene rings is 2. The van der Waals surface area contributed by atoms with Crippen LogP contribution in [0.5, 0.6) is 17.2 Å². The molecule has 7 heteroatoms. The fourth-order valence-electron chi connectivity index (χ4n) is 2.44. The van der Waals surface area contributed by atoms with Crippen molar-refractivity contribution in [3.8, 4) is 27.8 Å². The van der Waals surface area contributed by atoms with Crippen LogP contribution in [0.1, 0.15) is 12.6 Å². The summed E-state index contributed by atoms with van der Waals surface area (Å²) in [4.78, 5) is 16.5. The van der Waals surface area contributed by atoms with E-state index in [9.17, 15) is 4.79 Å². The van der Waals surface area contributed by atoms with E-state index in [1.165, 1.54) is 11.3 Å². The number of hydrogen-bond acceptors (Lipinski definition) is 7. The summed E-state index contributed by atoms with van der Waals surface area (Å²) in [5.41, 5.74) is 1.64. The smallest absolute Gasteiger partial charge is 0.344 e. The number of esters is 1. The highest BCUT2D eigenvalue weighted by Crippen LogP contribution is 2.28. The molecule has 1 aromatic heterocycles. The van der Waals surface area contributed by atoms with Gasteiger partial charge in [0.25, 0.3) is 0 Å². The summed E-state index contributed by atoms with van der Waals surface area (Å²) in [7, 11) is 1.63. The van der Waals surface area contributed by atoms with Crippen LogP contribution in [0.25, 0.3) is 10.6 Å². The van der Waals surface area contributed by atoms with Gasteiger partial charge < -0.3 is 18.9 Å². The Hall–Kier alpha value is -3.06. The Kier molecular flexibility index (Phi) is 6.86. The van der Waals surface area contributed by atoms with E-state index in [4.69, 9.17) is 18.9 Å². The van der Waals surface area contributed by atoms with Gasteiger partial charge in [0.2, 0.25) is 0 Å². The van der Waals surface area contributed by atoms with Crippen molar-refractivity contribution in [2.75, 3.05) is 20.3 Å². The van der Waals surface area contributed by atoms with Gasteiger partial charge in [-0.15, -0.1) is 11.3 Å². The summed E-state index contributed by atoms with van der Waals surface area (Å²) >= 11 is 1.49. The molecule has 0 unspecified atom stereocenters. The first-order chi connectivity index (χ1) is 13.7. The van der Waals surface area contributed by atoms with Crippen LogP contribution in [0.15, 0.2) is 53.9 Å². The van der Waals surface area contributed by atoms with Crippen molar-refractivity contribution in [1.82, 2.24) is 4.98 Å². The number of rotatable bonds is 9. The molecule has 6 nitrogen and oxygen atoms in total. The molecule has 2 aromatic carbocycles. The average Bonchev–Trinajstić information content (AvgIpc) is 3.21. The fraction of sp³-hybridized carbons (Fsp3) is 0.238. The van der Waals surface area contributed by atoms with Gasteiger partial charge in [0.15, 0.2) is 18.1 Å². The molecule has 1 heterocycles. The summed E-state index contributed by atoms with van der Waals surface area (Å²) in [6.07, 6.45) is 0. The Morgan fingerprint density at radius 2 is 1.86 bits per heavy atom. The number of nitrogens with zero attached hydrogens (tertiary/aromatic N) is 1. The van der Waals surface area contributed by atoms with Crippen LogP contribution in [-0.2, 0) is 16.1 Å². The number of hydrogen-bond donors (Lipinski definition) is 0. The second-order valence-electron chi connectivity index (χ2n) is 5.71. The Morgan fingerprint density at radius 3 is 2.61 bits per heavy atom. The minimum Gasteiger partial charge on any atom is -0.497 e. The van der Waals surface area contributed by atoms with Crippen molar-refractivity contribution in [2.45, 2.75) is 13.5 Å². The van der Waals surface area contributed by atoms with E-state index in [-0.39, 0.29) is 13.2 Å². The number of aromatic nitrogens is 1. The van der Waals surface area contributed by atoms with Gasteiger partial charge in [-0.25, -0.2) is 9.78 Å². The molecule has 0 N–H and O–H groups in total. The Balaban J connectivity index is 1.52. The van der Waals surface area contributed by atoms with Crippen LogP contribution in [0.4, 0.5) is 0 Å². The fourth-order valence-corrected chi connectivity index (χ4v) is 3.24. The second kappa shape index (κ2) is 9.75. The summed E-state index contributed by atoms with van der Waals surface area (Å²) in [5, 5.41) is 2.71. The summed E-state index contributed by atoms with van der Waals surface area (Å²) in [6.45, 7) is 2.30. The summed E-state index contributed by atoms with van der Waals surface area (Å²) in [6, 6.07) is 14.9. The van der Waals surface area contributed by atoms with E-state index in [1.54, 1.807) is 19.2 Å². The SMILES string of the molecule is CCOc1ccccc1OCC(=O)OCc1csc(-c2cccc(OC)c2)n1. The van der Waals surface area contributed by atoms with Gasteiger partial charge in [-0.05, 0) is 31.2 Å². The monoisotopic (exact) mass is 399 g/mol. The van der Waals surface area contributed by atoms with Crippen molar-refractivity contribution >= 4 is 17.3 Å². The molecular formula is C21H21NO5S. The largest absolute Gasteiger partial charge is 0.497 e. The zero-order valence-corrected chi connectivity index (χ0v) is 16.5. The Morgan fingerprint density at radius 1 is 1.07 bits per heavy atom. The standard InChI is InChI=1S/C21H21NO5S/c1-3-25-18-9-4-5-10-19(18)26-13-20(23)27-12-16-14-28-21(22-16)15-7-6-8-17(11-15)24-2/h4-11,14H,3,12-13H2,1-2H3. The Labute approximate surface area is 167 Å². The van der Waals surface area contributed by atoms with Gasteiger partial charge in [-0.1, -0.05) is 24.3 Å². The molecule has 146 valence electrons. The molecule has 0 saturated carbocycles. The molecule has 3 aromatic rings. The highest BCUT2D eigenvalue weighted by Gasteiger charge is 2.11. The lowest BCUT2D eigenvalue weighted by molar-refractivity contribution is -0.147. The van der Waals surface area contributed by atoms with E-state index < -0.39 is 5.97 Å². The minimum absolute atomic E-state index is 0.0930. The Bertz CT molecular complexity index is 924. The maximum absolute atomic E-state index is 12.0. The molecule has 0 bridgehead atoms. The van der Waals surface area contributed by atoms with Gasteiger partial charge >= 0.3 is 5.97 Å². The summed E-state index contributed by atoms with van der Waals surface area (Å²) in [5.74, 6) is 1.41. The average molecular weight is 399 g/mol. The number of methoxy groups -OCH3 is 1. The van der Waals surface area contributed by atoms with Gasteiger partial charge in [0.05, 0.1) is 19.4 Å². The van der Waals surface area contributed by atoms with Crippen molar-refractivity contribution in [3.63, 3.8) is 0 Å². The highest BCUT2D eigenvalue weighted by atomic mass is 32.1. The molecule has 0 radical (unpaired) electrons. The first-order valence-corrected chi connectivity index (χ1v) is 9.66. The lowest BCUT2D eigenvalue weighted by Crippen LogP contribution is -2.15. The van der Waals surface area contributed by atoms with Crippen molar-refractivity contribution < 1.29 is 23.7 Å². The van der Waals surface area contributed by atoms with E-state index in [0.717, 1.165) is 16.3 Å². The zero-order valence-electron chi connectivity index (χ0n) is 15.7. The molecule has 28 heavy (non-hydrogen) atoms. The zero-order chi connectivity index (χ0) is 19.8. The molecule has 0 saturated heterocycles. The number of para-hydroxylation sites is 2. The molecule has 0 atom stereocenters. The van der Waals surface area contributed by atoms with E-state index >= 15 is 0 Å². The van der Waals surface area contributed by atoms with E-state index in [1.807, 2.05) is 48.7 Å². The molecule has 0 fully saturated rings. The number of carbonyl (C=O) groups is 1. The van der Waals surface area contributed by atoms with Gasteiger partial charge in [0, 0.05) is 10.9 Å². The predicted molar refractivity (Wildman–Crippen MR) is 107 cm³/mol. The molecule has 0 aliphatic carbocycles. The molecule has 0 aliphatic rings. The van der Waals surface area contributed by atoms with Gasteiger partial charge in [-0.3, -0.25) is 0 Å². The van der Waals surface area contributed by atoms with E-state index in [0.29, 0.717) is 23.8 Å². The molecule has 0 amide bonds. The third-order valence-corrected chi connectivity index (χ3v) is 4.68. The number of thiazole rings is 1. The lowest BCUT2D eigenvalue weighted by atomic mass is 10.2. The van der Waals surface area contributed by atoms with Gasteiger partial charge in [0.1, 0.15) is 17.4 Å². The normalized spacial score (nSPS) is 10.4. The van der Waals surface area contributed by atoms with Crippen LogP contribution < -0.4 is 14.2 Å². The predicted octanol–water partition coefficient (Wildman–Crippen LogP) is 4.34. The summed E-state index contributed by atoms with van der Waals surface area (Å²) < 4.78 is 21.5. The van der Waals surface area contributed by atoms with E-state index in [2.05, 4.69) is 4.98 Å². The van der Waals surface area contributed by atoms with Crippen molar-refractivity contribution in [2.24, 2.45) is 0 Å². The maximum Gasteiger partial charge on any atom is 0.344 e. The van der Waals surface area contributed by atoms with Crippen molar-refractivity contribution in [3.05, 3.63) is 59.6 Å². The first kappa shape index (κ1) is 19.7. The topological polar surface area (TPSA) is 66.9 Å². The molecule has 0 aliphatic heterocycles. The third-order valence-electron chi connectivity index (χ3n) is 3.74.